The third-order valence-electron chi connectivity index (χ3n) is 3.92. The molecule has 1 aliphatic rings. The summed E-state index contributed by atoms with van der Waals surface area (Å²) >= 11 is 6.09. The number of nitrogens with one attached hydrogen (secondary N) is 1. The topological polar surface area (TPSA) is 75.3 Å². The van der Waals surface area contributed by atoms with E-state index in [1.807, 2.05) is 0 Å². The van der Waals surface area contributed by atoms with E-state index in [-0.39, 0.29) is 5.56 Å². The van der Waals surface area contributed by atoms with E-state index in [9.17, 15) is 9.90 Å². The van der Waals surface area contributed by atoms with Gasteiger partial charge in [0.25, 0.3) is 0 Å². The Kier molecular flexibility index (Phi) is 4.20. The van der Waals surface area contributed by atoms with Crippen molar-refractivity contribution in [2.75, 3.05) is 17.6 Å². The number of hydrogen-bond donors (Lipinski definition) is 3. The second-order valence-corrected chi connectivity index (χ2v) is 5.69. The predicted molar refractivity (Wildman–Crippen MR) is 77.8 cm³/mol. The van der Waals surface area contributed by atoms with Crippen LogP contribution < -0.4 is 11.1 Å². The molecule has 4 N–H and O–H groups in total. The van der Waals surface area contributed by atoms with E-state index in [0.29, 0.717) is 28.2 Å². The molecular weight excluding hydrogens is 264 g/mol. The number of carboxylic acid groups (broad SMARTS) is 1. The molecule has 2 atom stereocenters. The molecule has 104 valence electrons. The van der Waals surface area contributed by atoms with Gasteiger partial charge in [-0.2, -0.15) is 0 Å². The summed E-state index contributed by atoms with van der Waals surface area (Å²) in [5.74, 6) is 0.236. The molecule has 0 bridgehead atoms. The van der Waals surface area contributed by atoms with Gasteiger partial charge in [-0.25, -0.2) is 4.79 Å². The molecule has 1 saturated carbocycles. The van der Waals surface area contributed by atoms with E-state index in [0.717, 1.165) is 6.54 Å². The van der Waals surface area contributed by atoms with Crippen LogP contribution in [-0.4, -0.2) is 17.6 Å². The lowest BCUT2D eigenvalue weighted by atomic mass is 9.98. The minimum atomic E-state index is -1.02. The van der Waals surface area contributed by atoms with Gasteiger partial charge in [0.2, 0.25) is 0 Å². The lowest BCUT2D eigenvalue weighted by molar-refractivity contribution is 0.0698. The molecule has 0 radical (unpaired) electrons. The second-order valence-electron chi connectivity index (χ2n) is 5.28. The lowest BCUT2D eigenvalue weighted by Gasteiger charge is -2.19. The molecule has 0 spiro atoms. The molecule has 0 heterocycles. The Balaban J connectivity index is 2.17. The number of anilines is 2. The first kappa shape index (κ1) is 14.0. The lowest BCUT2D eigenvalue weighted by Crippen LogP contribution is -2.18. The standard InChI is InChI=1S/C14H19ClN2O2/c1-8-3-2-4-9(8)7-17-13-11(14(18)19)5-10(16)6-12(13)15/h5-6,8-9,17H,2-4,7,16H2,1H3,(H,18,19). The van der Waals surface area contributed by atoms with Crippen LogP contribution in [0.5, 0.6) is 0 Å². The predicted octanol–water partition coefficient (Wildman–Crippen LogP) is 3.47. The molecule has 0 saturated heterocycles. The fourth-order valence-corrected chi connectivity index (χ4v) is 3.03. The molecule has 2 rings (SSSR count). The van der Waals surface area contributed by atoms with Gasteiger partial charge < -0.3 is 16.2 Å². The quantitative estimate of drug-likeness (QED) is 0.739. The van der Waals surface area contributed by atoms with Crippen molar-refractivity contribution in [2.24, 2.45) is 11.8 Å². The number of rotatable bonds is 4. The Morgan fingerprint density at radius 2 is 2.26 bits per heavy atom. The van der Waals surface area contributed by atoms with E-state index in [1.54, 1.807) is 6.07 Å². The van der Waals surface area contributed by atoms with Crippen LogP contribution in [-0.2, 0) is 0 Å². The molecule has 2 unspecified atom stereocenters. The fraction of sp³-hybridized carbons (Fsp3) is 0.500. The number of benzene rings is 1. The zero-order valence-corrected chi connectivity index (χ0v) is 11.7. The number of hydrogen-bond acceptors (Lipinski definition) is 3. The second kappa shape index (κ2) is 5.70. The van der Waals surface area contributed by atoms with Gasteiger partial charge in [-0.1, -0.05) is 31.4 Å². The highest BCUT2D eigenvalue weighted by molar-refractivity contribution is 6.34. The zero-order valence-electron chi connectivity index (χ0n) is 10.9. The van der Waals surface area contributed by atoms with Crippen molar-refractivity contribution in [1.82, 2.24) is 0 Å². The maximum Gasteiger partial charge on any atom is 0.337 e. The molecule has 19 heavy (non-hydrogen) atoms. The Hall–Kier alpha value is -1.42. The van der Waals surface area contributed by atoms with Gasteiger partial charge in [-0.3, -0.25) is 0 Å². The summed E-state index contributed by atoms with van der Waals surface area (Å²) in [6.45, 7) is 2.99. The zero-order chi connectivity index (χ0) is 14.0. The van der Waals surface area contributed by atoms with Crippen molar-refractivity contribution >= 4 is 28.9 Å². The van der Waals surface area contributed by atoms with Gasteiger partial charge >= 0.3 is 5.97 Å². The maximum atomic E-state index is 11.2. The summed E-state index contributed by atoms with van der Waals surface area (Å²) in [6, 6.07) is 3.02. The molecule has 0 aromatic heterocycles. The van der Waals surface area contributed by atoms with E-state index < -0.39 is 5.97 Å². The summed E-state index contributed by atoms with van der Waals surface area (Å²) in [4.78, 5) is 11.2. The Bertz CT molecular complexity index is 491. The first-order valence-electron chi connectivity index (χ1n) is 6.55. The monoisotopic (exact) mass is 282 g/mol. The molecular formula is C14H19ClN2O2. The van der Waals surface area contributed by atoms with Crippen molar-refractivity contribution < 1.29 is 9.90 Å². The van der Waals surface area contributed by atoms with Gasteiger partial charge in [0.15, 0.2) is 0 Å². The average Bonchev–Trinajstić information content (AvgIpc) is 2.73. The summed E-state index contributed by atoms with van der Waals surface area (Å²) in [5.41, 5.74) is 6.60. The van der Waals surface area contributed by atoms with E-state index >= 15 is 0 Å². The van der Waals surface area contributed by atoms with Crippen LogP contribution in [0, 0.1) is 11.8 Å². The number of carboxylic acids is 1. The molecule has 1 aromatic rings. The van der Waals surface area contributed by atoms with Crippen LogP contribution >= 0.6 is 11.6 Å². The first-order chi connectivity index (χ1) is 8.99. The number of halogens is 1. The van der Waals surface area contributed by atoms with E-state index in [4.69, 9.17) is 17.3 Å². The number of nitrogen functional groups attached to an aromatic ring is 1. The number of carbonyl (C=O) groups is 1. The fourth-order valence-electron chi connectivity index (χ4n) is 2.73. The van der Waals surface area contributed by atoms with Gasteiger partial charge in [0, 0.05) is 12.2 Å². The van der Waals surface area contributed by atoms with Gasteiger partial charge in [-0.15, -0.1) is 0 Å². The van der Waals surface area contributed by atoms with Crippen LogP contribution in [0.3, 0.4) is 0 Å². The molecule has 0 aliphatic heterocycles. The van der Waals surface area contributed by atoms with Crippen LogP contribution in [0.1, 0.15) is 36.5 Å². The van der Waals surface area contributed by atoms with E-state index in [2.05, 4.69) is 12.2 Å². The Morgan fingerprint density at radius 3 is 2.84 bits per heavy atom. The normalized spacial score (nSPS) is 22.4. The van der Waals surface area contributed by atoms with Crippen molar-refractivity contribution in [3.05, 3.63) is 22.7 Å². The first-order valence-corrected chi connectivity index (χ1v) is 6.93. The SMILES string of the molecule is CC1CCCC1CNc1c(Cl)cc(N)cc1C(=O)O. The molecule has 0 amide bonds. The number of aromatic carboxylic acids is 1. The minimum absolute atomic E-state index is 0.135. The van der Waals surface area contributed by atoms with Crippen LogP contribution in [0.4, 0.5) is 11.4 Å². The van der Waals surface area contributed by atoms with Crippen molar-refractivity contribution in [2.45, 2.75) is 26.2 Å². The van der Waals surface area contributed by atoms with Crippen LogP contribution in [0.25, 0.3) is 0 Å². The largest absolute Gasteiger partial charge is 0.478 e. The number of nitrogens with two attached hydrogens (primary N) is 1. The van der Waals surface area contributed by atoms with Crippen molar-refractivity contribution in [3.8, 4) is 0 Å². The van der Waals surface area contributed by atoms with Crippen LogP contribution in [0.15, 0.2) is 12.1 Å². The highest BCUT2D eigenvalue weighted by atomic mass is 35.5. The minimum Gasteiger partial charge on any atom is -0.478 e. The van der Waals surface area contributed by atoms with E-state index in [1.165, 1.54) is 25.3 Å². The summed E-state index contributed by atoms with van der Waals surface area (Å²) in [7, 11) is 0. The Labute approximate surface area is 117 Å². The molecule has 4 nitrogen and oxygen atoms in total. The van der Waals surface area contributed by atoms with Crippen molar-refractivity contribution in [1.29, 1.82) is 0 Å². The summed E-state index contributed by atoms with van der Waals surface area (Å²) in [6.07, 6.45) is 3.67. The smallest absolute Gasteiger partial charge is 0.337 e. The van der Waals surface area contributed by atoms with Crippen molar-refractivity contribution in [3.63, 3.8) is 0 Å². The highest BCUT2D eigenvalue weighted by Gasteiger charge is 2.24. The third-order valence-corrected chi connectivity index (χ3v) is 4.22. The molecule has 1 aliphatic carbocycles. The Morgan fingerprint density at radius 1 is 1.53 bits per heavy atom. The molecule has 1 aromatic carbocycles. The average molecular weight is 283 g/mol. The third kappa shape index (κ3) is 3.13. The van der Waals surface area contributed by atoms with Gasteiger partial charge in [0.05, 0.1) is 16.3 Å². The van der Waals surface area contributed by atoms with Crippen LogP contribution in [0.2, 0.25) is 5.02 Å². The van der Waals surface area contributed by atoms with Gasteiger partial charge in [0.1, 0.15) is 0 Å². The summed E-state index contributed by atoms with van der Waals surface area (Å²) in [5, 5.41) is 12.8. The molecule has 5 heteroatoms. The highest BCUT2D eigenvalue weighted by Crippen LogP contribution is 2.34. The molecule has 1 fully saturated rings. The maximum absolute atomic E-state index is 11.2. The van der Waals surface area contributed by atoms with Gasteiger partial charge in [-0.05, 0) is 30.4 Å². The summed E-state index contributed by atoms with van der Waals surface area (Å²) < 4.78 is 0.